The summed E-state index contributed by atoms with van der Waals surface area (Å²) in [5.41, 5.74) is 1.95. The molecule has 0 bridgehead atoms. The van der Waals surface area contributed by atoms with E-state index in [-0.39, 0.29) is 18.1 Å². The predicted molar refractivity (Wildman–Crippen MR) is 135 cm³/mol. The summed E-state index contributed by atoms with van der Waals surface area (Å²) in [5, 5.41) is 11.7. The summed E-state index contributed by atoms with van der Waals surface area (Å²) in [6.45, 7) is 1.69. The molecule has 1 heterocycles. The van der Waals surface area contributed by atoms with Gasteiger partial charge in [-0.1, -0.05) is 30.3 Å². The molecule has 4 rings (SSSR count). The first-order valence-corrected chi connectivity index (χ1v) is 12.7. The van der Waals surface area contributed by atoms with Gasteiger partial charge in [-0.25, -0.2) is 17.9 Å². The lowest BCUT2D eigenvalue weighted by Gasteiger charge is -2.25. The lowest BCUT2D eigenvalue weighted by molar-refractivity contribution is -0.120. The first-order chi connectivity index (χ1) is 17.7. The second-order valence-electron chi connectivity index (χ2n) is 8.35. The van der Waals surface area contributed by atoms with Crippen molar-refractivity contribution >= 4 is 27.6 Å². The smallest absolute Gasteiger partial charge is 0.329 e. The highest BCUT2D eigenvalue weighted by molar-refractivity contribution is 7.90. The Kier molecular flexibility index (Phi) is 7.31. The molecule has 0 saturated heterocycles. The van der Waals surface area contributed by atoms with E-state index in [1.54, 1.807) is 67.6 Å². The van der Waals surface area contributed by atoms with Gasteiger partial charge in [0.25, 0.3) is 10.0 Å². The van der Waals surface area contributed by atoms with Crippen molar-refractivity contribution in [3.05, 3.63) is 83.4 Å². The summed E-state index contributed by atoms with van der Waals surface area (Å²) in [4.78, 5) is 27.6. The van der Waals surface area contributed by atoms with Crippen LogP contribution in [0.4, 0.5) is 10.5 Å². The third-order valence-corrected chi connectivity index (χ3v) is 7.27. The van der Waals surface area contributed by atoms with Gasteiger partial charge in [0.1, 0.15) is 6.04 Å². The molecule has 3 aromatic rings. The van der Waals surface area contributed by atoms with Crippen LogP contribution in [0.15, 0.2) is 71.6 Å². The summed E-state index contributed by atoms with van der Waals surface area (Å²) in [6, 6.07) is 17.6. The van der Waals surface area contributed by atoms with Gasteiger partial charge < -0.3 is 19.7 Å². The number of anilines is 1. The van der Waals surface area contributed by atoms with E-state index in [1.807, 2.05) is 10.8 Å². The van der Waals surface area contributed by atoms with Gasteiger partial charge in [0.05, 0.1) is 16.5 Å². The number of benzene rings is 3. The van der Waals surface area contributed by atoms with Crippen LogP contribution in [-0.2, 0) is 21.2 Å². The molecule has 1 aliphatic rings. The Hall–Kier alpha value is -4.56. The normalized spacial score (nSPS) is 12.8. The molecule has 0 saturated carbocycles. The van der Waals surface area contributed by atoms with Crippen molar-refractivity contribution in [2.45, 2.75) is 24.3 Å². The van der Waals surface area contributed by atoms with Crippen LogP contribution in [0.5, 0.6) is 11.5 Å². The molecule has 0 fully saturated rings. The maximum absolute atomic E-state index is 13.5. The number of fused-ring (bicyclic) bond motifs is 1. The molecule has 1 atom stereocenters. The SMILES string of the molecule is Cc1ccccc1S(=O)(=O)NC(=O)NC(Cc1cccc(C#N)c1)C(=O)N(C)c1ccc2c(c1)OCO2. The molecule has 3 aromatic carbocycles. The fourth-order valence-electron chi connectivity index (χ4n) is 3.88. The van der Waals surface area contributed by atoms with Crippen molar-refractivity contribution in [3.8, 4) is 17.6 Å². The van der Waals surface area contributed by atoms with Crippen LogP contribution in [0.2, 0.25) is 0 Å². The van der Waals surface area contributed by atoms with Crippen LogP contribution in [0.25, 0.3) is 0 Å². The Bertz CT molecular complexity index is 1500. The molecule has 1 aliphatic heterocycles. The van der Waals surface area contributed by atoms with Crippen molar-refractivity contribution in [3.63, 3.8) is 0 Å². The zero-order valence-corrected chi connectivity index (χ0v) is 20.9. The third kappa shape index (κ3) is 5.82. The van der Waals surface area contributed by atoms with E-state index in [4.69, 9.17) is 9.47 Å². The van der Waals surface area contributed by atoms with Gasteiger partial charge in [-0.3, -0.25) is 4.79 Å². The second-order valence-corrected chi connectivity index (χ2v) is 10.00. The fourth-order valence-corrected chi connectivity index (χ4v) is 5.04. The van der Waals surface area contributed by atoms with E-state index < -0.39 is 28.0 Å². The first-order valence-electron chi connectivity index (χ1n) is 11.2. The first kappa shape index (κ1) is 25.5. The quantitative estimate of drug-likeness (QED) is 0.489. The van der Waals surface area contributed by atoms with Crippen molar-refractivity contribution in [1.29, 1.82) is 5.26 Å². The van der Waals surface area contributed by atoms with Gasteiger partial charge in [0, 0.05) is 25.2 Å². The van der Waals surface area contributed by atoms with Gasteiger partial charge in [-0.15, -0.1) is 0 Å². The topological polar surface area (TPSA) is 138 Å². The Labute approximate surface area is 214 Å². The van der Waals surface area contributed by atoms with E-state index in [2.05, 4.69) is 5.32 Å². The molecule has 2 N–H and O–H groups in total. The number of ether oxygens (including phenoxy) is 2. The summed E-state index contributed by atoms with van der Waals surface area (Å²) in [6.07, 6.45) is 0.0150. The average Bonchev–Trinajstić information content (AvgIpc) is 3.35. The van der Waals surface area contributed by atoms with Crippen LogP contribution in [0.3, 0.4) is 0 Å². The Morgan fingerprint density at radius 1 is 1.05 bits per heavy atom. The van der Waals surface area contributed by atoms with Crippen molar-refractivity contribution in [2.24, 2.45) is 0 Å². The van der Waals surface area contributed by atoms with Crippen LogP contribution < -0.4 is 24.4 Å². The molecular weight excluding hydrogens is 496 g/mol. The molecule has 190 valence electrons. The lowest BCUT2D eigenvalue weighted by atomic mass is 10.0. The monoisotopic (exact) mass is 520 g/mol. The van der Waals surface area contributed by atoms with E-state index >= 15 is 0 Å². The van der Waals surface area contributed by atoms with Crippen LogP contribution in [-0.4, -0.2) is 40.2 Å². The van der Waals surface area contributed by atoms with Gasteiger partial charge in [-0.05, 0) is 48.4 Å². The van der Waals surface area contributed by atoms with Crippen molar-refractivity contribution in [2.75, 3.05) is 18.7 Å². The highest BCUT2D eigenvalue weighted by Crippen LogP contribution is 2.35. The number of hydrogen-bond acceptors (Lipinski definition) is 7. The summed E-state index contributed by atoms with van der Waals surface area (Å²) in [7, 11) is -2.65. The molecule has 0 radical (unpaired) electrons. The van der Waals surface area contributed by atoms with Crippen LogP contribution in [0, 0.1) is 18.3 Å². The Morgan fingerprint density at radius 2 is 1.81 bits per heavy atom. The maximum atomic E-state index is 13.5. The number of nitriles is 1. The second kappa shape index (κ2) is 10.6. The zero-order valence-electron chi connectivity index (χ0n) is 20.1. The minimum absolute atomic E-state index is 0.0150. The molecule has 10 nitrogen and oxygen atoms in total. The van der Waals surface area contributed by atoms with E-state index in [0.717, 1.165) is 0 Å². The van der Waals surface area contributed by atoms with Crippen molar-refractivity contribution in [1.82, 2.24) is 10.0 Å². The highest BCUT2D eigenvalue weighted by Gasteiger charge is 2.28. The standard InChI is InChI=1S/C26H24N4O6S/c1-17-6-3-4-9-24(17)37(33,34)29-26(32)28-21(13-18-7-5-8-19(12-18)15-27)25(31)30(2)20-10-11-22-23(14-20)36-16-35-22/h3-12,14,21H,13,16H2,1-2H3,(H2,28,29,32). The Balaban J connectivity index is 1.58. The number of urea groups is 1. The number of hydrogen-bond donors (Lipinski definition) is 2. The molecular formula is C26H24N4O6S. The molecule has 37 heavy (non-hydrogen) atoms. The summed E-state index contributed by atoms with van der Waals surface area (Å²) in [5.74, 6) is 0.517. The molecule has 0 spiro atoms. The molecule has 1 unspecified atom stereocenters. The van der Waals surface area contributed by atoms with Gasteiger partial charge in [0.2, 0.25) is 12.7 Å². The number of nitrogens with zero attached hydrogens (tertiary/aromatic N) is 2. The number of rotatable bonds is 7. The minimum Gasteiger partial charge on any atom is -0.454 e. The number of nitrogens with one attached hydrogen (secondary N) is 2. The molecule has 3 amide bonds. The van der Waals surface area contributed by atoms with Gasteiger partial charge in [0.15, 0.2) is 11.5 Å². The van der Waals surface area contributed by atoms with Gasteiger partial charge in [-0.2, -0.15) is 5.26 Å². The minimum atomic E-state index is -4.18. The number of amides is 3. The summed E-state index contributed by atoms with van der Waals surface area (Å²) >= 11 is 0. The predicted octanol–water partition coefficient (Wildman–Crippen LogP) is 2.86. The van der Waals surface area contributed by atoms with E-state index in [0.29, 0.717) is 33.9 Å². The Morgan fingerprint density at radius 3 is 2.57 bits per heavy atom. The van der Waals surface area contributed by atoms with Crippen LogP contribution in [0.1, 0.15) is 16.7 Å². The fraction of sp³-hybridized carbons (Fsp3) is 0.192. The van der Waals surface area contributed by atoms with Gasteiger partial charge >= 0.3 is 6.03 Å². The van der Waals surface area contributed by atoms with Crippen molar-refractivity contribution < 1.29 is 27.5 Å². The molecule has 0 aliphatic carbocycles. The average molecular weight is 521 g/mol. The number of sulfonamides is 1. The lowest BCUT2D eigenvalue weighted by Crippen LogP contribution is -2.52. The third-order valence-electron chi connectivity index (χ3n) is 5.78. The summed E-state index contributed by atoms with van der Waals surface area (Å²) < 4.78 is 38.3. The number of aryl methyl sites for hydroxylation is 1. The largest absolute Gasteiger partial charge is 0.454 e. The van der Waals surface area contributed by atoms with E-state index in [9.17, 15) is 23.3 Å². The van der Waals surface area contributed by atoms with E-state index in [1.165, 1.54) is 18.0 Å². The molecule has 0 aromatic heterocycles. The maximum Gasteiger partial charge on any atom is 0.329 e. The number of likely N-dealkylation sites (N-methyl/N-ethyl adjacent to an activating group) is 1. The highest BCUT2D eigenvalue weighted by atomic mass is 32.2. The number of carbonyl (C=O) groups excluding carboxylic acids is 2. The number of carbonyl (C=O) groups is 2. The molecule has 11 heteroatoms. The van der Waals surface area contributed by atoms with Crippen LogP contribution >= 0.6 is 0 Å². The zero-order chi connectivity index (χ0) is 26.6.